The Balaban J connectivity index is 0.00000242. The van der Waals surface area contributed by atoms with Gasteiger partial charge in [0, 0.05) is 24.8 Å². The second kappa shape index (κ2) is 8.56. The molecule has 1 aliphatic rings. The first-order valence-electron chi connectivity index (χ1n) is 7.27. The highest BCUT2D eigenvalue weighted by atomic mass is 35.5. The molecule has 2 rings (SSSR count). The maximum Gasteiger partial charge on any atom is 0.237 e. The highest BCUT2D eigenvalue weighted by molar-refractivity contribution is 6.30. The van der Waals surface area contributed by atoms with E-state index in [1.165, 1.54) is 6.07 Å². The lowest BCUT2D eigenvalue weighted by molar-refractivity contribution is -0.123. The average molecular weight is 350 g/mol. The number of rotatable bonds is 5. The van der Waals surface area contributed by atoms with Crippen molar-refractivity contribution in [2.75, 3.05) is 18.0 Å². The fraction of sp³-hybridized carbons (Fsp3) is 0.533. The van der Waals surface area contributed by atoms with Gasteiger partial charge in [-0.05, 0) is 31.0 Å². The Morgan fingerprint density at radius 2 is 2.32 bits per heavy atom. The van der Waals surface area contributed by atoms with E-state index in [9.17, 15) is 9.18 Å². The van der Waals surface area contributed by atoms with Crippen LogP contribution >= 0.6 is 24.0 Å². The molecule has 1 aromatic carbocycles. The molecule has 4 nitrogen and oxygen atoms in total. The Hall–Kier alpha value is -1.04. The van der Waals surface area contributed by atoms with Crippen LogP contribution in [0, 0.1) is 5.82 Å². The third-order valence-electron chi connectivity index (χ3n) is 3.74. The summed E-state index contributed by atoms with van der Waals surface area (Å²) < 4.78 is 13.5. The van der Waals surface area contributed by atoms with E-state index < -0.39 is 11.9 Å². The number of halogens is 3. The van der Waals surface area contributed by atoms with E-state index in [0.717, 1.165) is 25.1 Å². The minimum absolute atomic E-state index is 0. The molecule has 0 aliphatic carbocycles. The summed E-state index contributed by atoms with van der Waals surface area (Å²) in [5.74, 6) is -0.530. The second-order valence-corrected chi connectivity index (χ2v) is 5.84. The van der Waals surface area contributed by atoms with E-state index in [-0.39, 0.29) is 29.4 Å². The fourth-order valence-electron chi connectivity index (χ4n) is 2.54. The summed E-state index contributed by atoms with van der Waals surface area (Å²) in [4.78, 5) is 13.9. The molecule has 0 bridgehead atoms. The van der Waals surface area contributed by atoms with Crippen molar-refractivity contribution in [3.8, 4) is 0 Å². The molecule has 0 saturated carbocycles. The highest BCUT2D eigenvalue weighted by Crippen LogP contribution is 2.25. The van der Waals surface area contributed by atoms with Gasteiger partial charge in [-0.15, -0.1) is 12.4 Å². The quantitative estimate of drug-likeness (QED) is 0.859. The minimum atomic E-state index is -0.447. The Kier molecular flexibility index (Phi) is 7.39. The van der Waals surface area contributed by atoms with Gasteiger partial charge in [0.15, 0.2) is 0 Å². The summed E-state index contributed by atoms with van der Waals surface area (Å²) in [5.41, 5.74) is 6.58. The van der Waals surface area contributed by atoms with Gasteiger partial charge in [0.25, 0.3) is 0 Å². The molecular weight excluding hydrogens is 328 g/mol. The number of benzene rings is 1. The molecule has 2 unspecified atom stereocenters. The summed E-state index contributed by atoms with van der Waals surface area (Å²) in [5, 5.41) is 3.08. The Morgan fingerprint density at radius 3 is 2.95 bits per heavy atom. The number of nitrogens with one attached hydrogen (secondary N) is 1. The molecule has 1 fully saturated rings. The molecule has 1 amide bonds. The zero-order valence-corrected chi connectivity index (χ0v) is 14.1. The summed E-state index contributed by atoms with van der Waals surface area (Å²) in [7, 11) is 0. The predicted octanol–water partition coefficient (Wildman–Crippen LogP) is 2.72. The van der Waals surface area contributed by atoms with Crippen LogP contribution in [0.4, 0.5) is 10.1 Å². The van der Waals surface area contributed by atoms with Gasteiger partial charge in [-0.25, -0.2) is 4.39 Å². The van der Waals surface area contributed by atoms with Gasteiger partial charge in [0.2, 0.25) is 5.91 Å². The van der Waals surface area contributed by atoms with Gasteiger partial charge in [-0.3, -0.25) is 4.79 Å². The summed E-state index contributed by atoms with van der Waals surface area (Å²) in [6, 6.07) is 4.37. The molecule has 0 radical (unpaired) electrons. The zero-order valence-electron chi connectivity index (χ0n) is 12.5. The third kappa shape index (κ3) is 4.73. The molecule has 1 aliphatic heterocycles. The number of amides is 1. The van der Waals surface area contributed by atoms with Crippen molar-refractivity contribution in [3.63, 3.8) is 0 Å². The summed E-state index contributed by atoms with van der Waals surface area (Å²) >= 11 is 5.68. The fourth-order valence-corrected chi connectivity index (χ4v) is 2.66. The van der Waals surface area contributed by atoms with Crippen molar-refractivity contribution in [2.24, 2.45) is 5.73 Å². The monoisotopic (exact) mass is 349 g/mol. The van der Waals surface area contributed by atoms with Crippen LogP contribution in [0.2, 0.25) is 5.02 Å². The lowest BCUT2D eigenvalue weighted by atomic mass is 10.1. The van der Waals surface area contributed by atoms with Crippen molar-refractivity contribution in [1.29, 1.82) is 0 Å². The smallest absolute Gasteiger partial charge is 0.237 e. The van der Waals surface area contributed by atoms with Crippen LogP contribution in [-0.4, -0.2) is 31.1 Å². The third-order valence-corrected chi connectivity index (χ3v) is 4.05. The van der Waals surface area contributed by atoms with E-state index in [4.69, 9.17) is 17.3 Å². The number of nitrogens with zero attached hydrogens (tertiary/aromatic N) is 1. The first-order valence-corrected chi connectivity index (χ1v) is 7.65. The molecule has 1 saturated heterocycles. The van der Waals surface area contributed by atoms with E-state index in [1.54, 1.807) is 12.1 Å². The van der Waals surface area contributed by atoms with E-state index >= 15 is 0 Å². The number of carbonyl (C=O) groups excluding carboxylic acids is 1. The van der Waals surface area contributed by atoms with Gasteiger partial charge in [0.05, 0.1) is 11.1 Å². The summed E-state index contributed by atoms with van der Waals surface area (Å²) in [6.45, 7) is 3.43. The van der Waals surface area contributed by atoms with Gasteiger partial charge >= 0.3 is 0 Å². The molecule has 0 aromatic heterocycles. The van der Waals surface area contributed by atoms with Crippen molar-refractivity contribution in [1.82, 2.24) is 5.32 Å². The summed E-state index contributed by atoms with van der Waals surface area (Å²) in [6.07, 6.45) is 2.40. The van der Waals surface area contributed by atoms with Crippen LogP contribution in [0.25, 0.3) is 0 Å². The van der Waals surface area contributed by atoms with Gasteiger partial charge in [-0.2, -0.15) is 0 Å². The number of nitrogens with two attached hydrogens (primary N) is 1. The molecule has 124 valence electrons. The highest BCUT2D eigenvalue weighted by Gasteiger charge is 2.26. The number of hydrogen-bond donors (Lipinski definition) is 2. The Bertz CT molecular complexity index is 516. The molecule has 7 heteroatoms. The predicted molar refractivity (Wildman–Crippen MR) is 90.3 cm³/mol. The molecule has 2 atom stereocenters. The van der Waals surface area contributed by atoms with Crippen LogP contribution in [0.5, 0.6) is 0 Å². The van der Waals surface area contributed by atoms with Crippen LogP contribution in [-0.2, 0) is 4.79 Å². The maximum absolute atomic E-state index is 13.5. The van der Waals surface area contributed by atoms with Gasteiger partial charge in [-0.1, -0.05) is 24.9 Å². The normalized spacial score (nSPS) is 18.7. The van der Waals surface area contributed by atoms with Gasteiger partial charge in [0.1, 0.15) is 5.82 Å². The molecule has 1 heterocycles. The maximum atomic E-state index is 13.5. The lowest BCUT2D eigenvalue weighted by Crippen LogP contribution is -2.46. The Labute approximate surface area is 141 Å². The van der Waals surface area contributed by atoms with Crippen LogP contribution in [0.15, 0.2) is 18.2 Å². The number of carbonyl (C=O) groups is 1. The van der Waals surface area contributed by atoms with Crippen LogP contribution < -0.4 is 16.0 Å². The number of hydrogen-bond acceptors (Lipinski definition) is 3. The van der Waals surface area contributed by atoms with E-state index in [0.29, 0.717) is 13.0 Å². The number of anilines is 1. The molecule has 0 spiro atoms. The molecular formula is C15H22Cl2FN3O. The van der Waals surface area contributed by atoms with Crippen LogP contribution in [0.3, 0.4) is 0 Å². The minimum Gasteiger partial charge on any atom is -0.369 e. The van der Waals surface area contributed by atoms with Crippen LogP contribution in [0.1, 0.15) is 26.2 Å². The first kappa shape index (κ1) is 19.0. The molecule has 3 N–H and O–H groups in total. The van der Waals surface area contributed by atoms with Crippen molar-refractivity contribution >= 4 is 35.6 Å². The van der Waals surface area contributed by atoms with Gasteiger partial charge < -0.3 is 16.0 Å². The largest absolute Gasteiger partial charge is 0.369 e. The standard InChI is InChI=1S/C15H21ClFN3O.ClH/c1-2-3-14(18)15(21)19-10-6-7-20(9-10)11-4-5-12(16)13(17)8-11;/h4-5,8,10,14H,2-3,6-7,9,18H2,1H3,(H,19,21);1H. The topological polar surface area (TPSA) is 58.4 Å². The SMILES string of the molecule is CCCC(N)C(=O)NC1CCN(c2ccc(Cl)c(F)c2)C1.Cl. The Morgan fingerprint density at radius 1 is 1.59 bits per heavy atom. The molecule has 22 heavy (non-hydrogen) atoms. The van der Waals surface area contributed by atoms with E-state index in [1.807, 2.05) is 11.8 Å². The first-order chi connectivity index (χ1) is 10.0. The second-order valence-electron chi connectivity index (χ2n) is 5.43. The lowest BCUT2D eigenvalue weighted by Gasteiger charge is -2.20. The van der Waals surface area contributed by atoms with Crippen molar-refractivity contribution in [3.05, 3.63) is 29.0 Å². The van der Waals surface area contributed by atoms with E-state index in [2.05, 4.69) is 5.32 Å². The zero-order chi connectivity index (χ0) is 15.4. The van der Waals surface area contributed by atoms with Crippen molar-refractivity contribution in [2.45, 2.75) is 38.3 Å². The molecule has 1 aromatic rings. The van der Waals surface area contributed by atoms with Crippen molar-refractivity contribution < 1.29 is 9.18 Å². The average Bonchev–Trinajstić information content (AvgIpc) is 2.90.